The van der Waals surface area contributed by atoms with Crippen LogP contribution in [0, 0.1) is 0 Å². The summed E-state index contributed by atoms with van der Waals surface area (Å²) in [6, 6.07) is 76.8. The highest BCUT2D eigenvalue weighted by molar-refractivity contribution is 7.00. The molecule has 18 rings (SSSR count). The van der Waals surface area contributed by atoms with Crippen LogP contribution in [0.4, 0.5) is 34.1 Å². The van der Waals surface area contributed by atoms with Crippen molar-refractivity contribution in [3.05, 3.63) is 295 Å². The zero-order valence-corrected chi connectivity index (χ0v) is 62.1. The second-order valence-corrected chi connectivity index (χ2v) is 34.0. The van der Waals surface area contributed by atoms with Crippen molar-refractivity contribution in [3.8, 4) is 44.8 Å². The van der Waals surface area contributed by atoms with Crippen molar-refractivity contribution in [2.24, 2.45) is 0 Å². The van der Waals surface area contributed by atoms with Crippen molar-refractivity contribution in [1.82, 2.24) is 9.13 Å². The van der Waals surface area contributed by atoms with Crippen LogP contribution in [-0.2, 0) is 27.1 Å². The van der Waals surface area contributed by atoms with Gasteiger partial charge in [0, 0.05) is 72.2 Å². The Morgan fingerprint density at radius 1 is 0.308 bits per heavy atom. The van der Waals surface area contributed by atoms with Gasteiger partial charge in [-0.3, -0.25) is 0 Å². The van der Waals surface area contributed by atoms with Crippen LogP contribution in [0.3, 0.4) is 0 Å². The van der Waals surface area contributed by atoms with Gasteiger partial charge in [-0.1, -0.05) is 268 Å². The summed E-state index contributed by atoms with van der Waals surface area (Å²) in [4.78, 5) is 5.02. The van der Waals surface area contributed by atoms with Gasteiger partial charge in [0.2, 0.25) is 0 Å². The summed E-state index contributed by atoms with van der Waals surface area (Å²) in [5.74, 6) is 0. The average molecular weight is 1360 g/mol. The Bertz CT molecular complexity index is 6500. The second kappa shape index (κ2) is 23.2. The van der Waals surface area contributed by atoms with E-state index in [1.165, 1.54) is 33.0 Å². The van der Waals surface area contributed by atoms with Gasteiger partial charge in [0.15, 0.2) is 0 Å². The number of nitrogens with zero attached hydrogens (tertiary/aromatic N) is 4. The third-order valence-corrected chi connectivity index (χ3v) is 22.1. The predicted molar refractivity (Wildman–Crippen MR) is 446 cm³/mol. The summed E-state index contributed by atoms with van der Waals surface area (Å²) in [6.07, 6.45) is 0. The van der Waals surface area contributed by atoms with Crippen molar-refractivity contribution in [3.63, 3.8) is 0 Å². The lowest BCUT2D eigenvalue weighted by Crippen LogP contribution is -2.61. The van der Waals surface area contributed by atoms with Gasteiger partial charge in [0.1, 0.15) is 11.2 Å². The first-order valence-electron chi connectivity index (χ1n) is 40.6. The van der Waals surface area contributed by atoms with E-state index in [0.717, 1.165) is 117 Å². The second-order valence-electron chi connectivity index (χ2n) is 34.0. The monoisotopic (exact) mass is 1360 g/mol. The Labute approximate surface area is 624 Å². The Balaban J connectivity index is 1.04. The molecule has 0 aliphatic carbocycles. The first-order chi connectivity index (χ1) is 53.1. The normalized spacial score (nSPS) is 14.5. The lowest BCUT2D eigenvalue weighted by Gasteiger charge is -2.46. The molecule has 2 aliphatic rings. The third-order valence-electron chi connectivity index (χ3n) is 22.1. The van der Waals surface area contributed by atoms with Crippen LogP contribution < -0.4 is 26.2 Å². The van der Waals surface area contributed by atoms with Gasteiger partial charge in [-0.25, -0.2) is 0 Å². The third kappa shape index (κ3) is 10.4. The molecule has 0 radical (unpaired) electrons. The van der Waals surface area contributed by atoms with Crippen molar-refractivity contribution in [1.29, 1.82) is 0 Å². The summed E-state index contributed by atoms with van der Waals surface area (Å²) >= 11 is 0. The van der Waals surface area contributed by atoms with E-state index in [-0.39, 0.29) is 55.6 Å². The van der Waals surface area contributed by atoms with Gasteiger partial charge in [0.25, 0.3) is 6.71 Å². The highest BCUT2D eigenvalue weighted by Gasteiger charge is 2.46. The van der Waals surface area contributed by atoms with E-state index in [2.05, 4.69) is 318 Å². The van der Waals surface area contributed by atoms with Crippen molar-refractivity contribution >= 4 is 123 Å². The lowest BCUT2D eigenvalue weighted by molar-refractivity contribution is 0.590. The van der Waals surface area contributed by atoms with Gasteiger partial charge in [-0.2, -0.15) is 0 Å². The fourth-order valence-corrected chi connectivity index (χ4v) is 16.4. The molecule has 0 saturated carbocycles. The molecule has 0 spiro atoms. The van der Waals surface area contributed by atoms with Gasteiger partial charge < -0.3 is 23.4 Å². The number of para-hydroxylation sites is 3. The molecular formula is C98H89BN4O. The molecular weight excluding hydrogens is 1260 g/mol. The maximum Gasteiger partial charge on any atom is 0.252 e. The molecule has 2 aliphatic heterocycles. The van der Waals surface area contributed by atoms with E-state index < -0.39 is 48.4 Å². The smallest absolute Gasteiger partial charge is 0.252 e. The number of hydrogen-bond acceptors (Lipinski definition) is 3. The quantitative estimate of drug-likeness (QED) is 0.149. The zero-order valence-electron chi connectivity index (χ0n) is 70.1. The summed E-state index contributed by atoms with van der Waals surface area (Å²) in [5.41, 5.74) is 24.4. The number of fused-ring (bicyclic) bond motifs is 13. The van der Waals surface area contributed by atoms with Crippen molar-refractivity contribution < 1.29 is 15.4 Å². The Hall–Kier alpha value is -11.1. The first-order valence-corrected chi connectivity index (χ1v) is 36.6. The molecule has 0 atom stereocenters. The first kappa shape index (κ1) is 56.5. The molecule has 3 aromatic heterocycles. The topological polar surface area (TPSA) is 29.5 Å². The molecule has 104 heavy (non-hydrogen) atoms. The number of anilines is 6. The predicted octanol–water partition coefficient (Wildman–Crippen LogP) is 25.4. The van der Waals surface area contributed by atoms with Crippen LogP contribution in [-0.4, -0.2) is 15.8 Å². The molecule has 6 heteroatoms. The fourth-order valence-electron chi connectivity index (χ4n) is 16.4. The SMILES string of the molecule is [2H]c1c([2H])c([2H])c2c(c1[2H])c1c([2H])c([2H])c([2H])c([2H])c1n2-c1ccc2c(c1)N(c1cc(-c3cccc(C(C)(C)C)c3)cc3oc4ccccc4c13)c1cc(C(C)(C)C)cc3c1B2c1ccc(-n2c4ccc(C(C)(C)C)cc4c4cc(C(C)(C)C)ccc42)cc1N3c1c(-c2ccccc2)cc(C(C)(C)C)cc1-c1ccccc1. The van der Waals surface area contributed by atoms with Gasteiger partial charge in [0.05, 0.1) is 49.8 Å². The molecule has 5 nitrogen and oxygen atoms in total. The Morgan fingerprint density at radius 3 is 1.31 bits per heavy atom. The summed E-state index contributed by atoms with van der Waals surface area (Å²) in [5, 5.41) is 4.16. The molecule has 0 bridgehead atoms. The van der Waals surface area contributed by atoms with Crippen LogP contribution in [0.5, 0.6) is 0 Å². The molecule has 0 fully saturated rings. The highest BCUT2D eigenvalue weighted by Crippen LogP contribution is 2.55. The summed E-state index contributed by atoms with van der Waals surface area (Å²) < 4.78 is 87.0. The summed E-state index contributed by atoms with van der Waals surface area (Å²) in [7, 11) is 0. The van der Waals surface area contributed by atoms with Crippen LogP contribution in [0.15, 0.2) is 271 Å². The van der Waals surface area contributed by atoms with E-state index in [0.29, 0.717) is 16.9 Å². The molecule has 0 N–H and O–H groups in total. The molecule has 0 amide bonds. The summed E-state index contributed by atoms with van der Waals surface area (Å²) in [6.45, 7) is 33.7. The minimum absolute atomic E-state index is 0.00839. The largest absolute Gasteiger partial charge is 0.456 e. The average Bonchev–Trinajstić information content (AvgIpc) is 0.782. The molecule has 0 saturated heterocycles. The van der Waals surface area contributed by atoms with Crippen LogP contribution in [0.25, 0.3) is 110 Å². The minimum atomic E-state index is -0.508. The Morgan fingerprint density at radius 2 is 0.769 bits per heavy atom. The highest BCUT2D eigenvalue weighted by atomic mass is 16.3. The van der Waals surface area contributed by atoms with Crippen LogP contribution >= 0.6 is 0 Å². The molecule has 13 aromatic carbocycles. The minimum Gasteiger partial charge on any atom is -0.456 e. The van der Waals surface area contributed by atoms with E-state index in [4.69, 9.17) is 7.16 Å². The van der Waals surface area contributed by atoms with Gasteiger partial charge >= 0.3 is 0 Å². The van der Waals surface area contributed by atoms with Crippen molar-refractivity contribution in [2.45, 2.75) is 131 Å². The molecule has 16 aromatic rings. The van der Waals surface area contributed by atoms with E-state index in [9.17, 15) is 8.22 Å². The van der Waals surface area contributed by atoms with E-state index >= 15 is 0 Å². The fraction of sp³-hybridized carbons (Fsp3) is 0.204. The number of aromatic nitrogens is 2. The van der Waals surface area contributed by atoms with Crippen LogP contribution in [0.2, 0.25) is 0 Å². The standard InChI is InChI=1S/C98H89BN4O/c1-94(2,3)64-34-28-33-62(49-64)63-50-86(91-73-37-24-27-40-89(73)104-90(91)51-63)102-84-58-69(100-80-38-25-22-35-71(80)72-36-23-26-39-81(72)100)43-45-78(84)99-79-46-44-70(101-82-47-41-65(95(4,5)6)52-76(82)77-53-66(96(7,8)9)42-48-83(77)101)59-85(79)103(88-57-68(98(13,14)15)56-87(102)92(88)99)93-74(60-29-18-16-19-30-60)54-67(97(10,11)12)55-75(93)61-31-20-17-21-32-61/h16-59H,1-15H3/i22D,23D,25D,26D,35D,36D,38D,39D. The zero-order chi connectivity index (χ0) is 78.8. The number of furan rings is 1. The van der Waals surface area contributed by atoms with E-state index in [1.807, 2.05) is 18.2 Å². The van der Waals surface area contributed by atoms with E-state index in [1.54, 1.807) is 4.57 Å². The number of hydrogen-bond donors (Lipinski definition) is 0. The van der Waals surface area contributed by atoms with Gasteiger partial charge in [-0.05, 0) is 197 Å². The maximum absolute atomic E-state index is 9.86. The Kier molecular flexibility index (Phi) is 12.6. The van der Waals surface area contributed by atoms with Crippen molar-refractivity contribution in [2.75, 3.05) is 9.80 Å². The molecule has 0 unspecified atom stereocenters. The lowest BCUT2D eigenvalue weighted by atomic mass is 9.33. The molecule has 5 heterocycles. The number of benzene rings is 13. The van der Waals surface area contributed by atoms with Crippen LogP contribution in [0.1, 0.15) is 143 Å². The number of rotatable bonds is 7. The van der Waals surface area contributed by atoms with Gasteiger partial charge in [-0.15, -0.1) is 0 Å². The molecule has 510 valence electrons. The maximum atomic E-state index is 9.86.